The van der Waals surface area contributed by atoms with Gasteiger partial charge in [-0.25, -0.2) is 9.37 Å². The molecule has 1 N–H and O–H groups in total. The SMILES string of the molecule is O=C(NCc1ccccc1F)c1ccc2nccn2c1. The van der Waals surface area contributed by atoms with E-state index in [4.69, 9.17) is 0 Å². The zero-order chi connectivity index (χ0) is 13.9. The van der Waals surface area contributed by atoms with Crippen LogP contribution in [0.3, 0.4) is 0 Å². The number of carbonyl (C=O) groups excluding carboxylic acids is 1. The van der Waals surface area contributed by atoms with Gasteiger partial charge in [-0.05, 0) is 18.2 Å². The molecule has 0 fully saturated rings. The number of rotatable bonds is 3. The van der Waals surface area contributed by atoms with Crippen molar-refractivity contribution in [3.8, 4) is 0 Å². The molecule has 0 bridgehead atoms. The molecule has 20 heavy (non-hydrogen) atoms. The fourth-order valence-corrected chi connectivity index (χ4v) is 1.97. The summed E-state index contributed by atoms with van der Waals surface area (Å²) in [7, 11) is 0. The standard InChI is InChI=1S/C15H12FN3O/c16-13-4-2-1-3-11(13)9-18-15(20)12-5-6-14-17-7-8-19(14)10-12/h1-8,10H,9H2,(H,18,20). The van der Waals surface area contributed by atoms with Gasteiger partial charge < -0.3 is 9.72 Å². The van der Waals surface area contributed by atoms with Crippen LogP contribution in [0.2, 0.25) is 0 Å². The van der Waals surface area contributed by atoms with Crippen LogP contribution >= 0.6 is 0 Å². The summed E-state index contributed by atoms with van der Waals surface area (Å²) in [5, 5.41) is 2.70. The smallest absolute Gasteiger partial charge is 0.253 e. The molecule has 0 saturated carbocycles. The summed E-state index contributed by atoms with van der Waals surface area (Å²) in [6.45, 7) is 0.160. The number of nitrogens with zero attached hydrogens (tertiary/aromatic N) is 2. The highest BCUT2D eigenvalue weighted by atomic mass is 19.1. The molecule has 0 saturated heterocycles. The van der Waals surface area contributed by atoms with Gasteiger partial charge in [0, 0.05) is 30.7 Å². The van der Waals surface area contributed by atoms with Crippen LogP contribution in [0.25, 0.3) is 5.65 Å². The Hall–Kier alpha value is -2.69. The van der Waals surface area contributed by atoms with Gasteiger partial charge in [0.05, 0.1) is 5.56 Å². The highest BCUT2D eigenvalue weighted by Crippen LogP contribution is 2.07. The maximum atomic E-state index is 13.4. The Bertz CT molecular complexity index is 766. The van der Waals surface area contributed by atoms with Gasteiger partial charge >= 0.3 is 0 Å². The molecule has 1 amide bonds. The molecule has 0 aliphatic rings. The number of benzene rings is 1. The van der Waals surface area contributed by atoms with Gasteiger partial charge in [0.15, 0.2) is 0 Å². The van der Waals surface area contributed by atoms with Gasteiger partial charge in [-0.15, -0.1) is 0 Å². The molecule has 0 aliphatic carbocycles. The van der Waals surface area contributed by atoms with Crippen molar-refractivity contribution < 1.29 is 9.18 Å². The van der Waals surface area contributed by atoms with Crippen molar-refractivity contribution in [2.24, 2.45) is 0 Å². The maximum Gasteiger partial charge on any atom is 0.253 e. The number of fused-ring (bicyclic) bond motifs is 1. The molecular weight excluding hydrogens is 257 g/mol. The van der Waals surface area contributed by atoms with E-state index in [1.807, 2.05) is 0 Å². The van der Waals surface area contributed by atoms with Crippen molar-refractivity contribution >= 4 is 11.6 Å². The lowest BCUT2D eigenvalue weighted by Crippen LogP contribution is -2.23. The van der Waals surface area contributed by atoms with Gasteiger partial charge in [-0.3, -0.25) is 4.79 Å². The van der Waals surface area contributed by atoms with Crippen molar-refractivity contribution in [1.82, 2.24) is 14.7 Å². The van der Waals surface area contributed by atoms with Crippen LogP contribution in [0.15, 0.2) is 55.0 Å². The third-order valence-corrected chi connectivity index (χ3v) is 3.05. The molecule has 3 rings (SSSR count). The molecule has 1 aromatic carbocycles. The van der Waals surface area contributed by atoms with E-state index in [1.54, 1.807) is 53.3 Å². The second kappa shape index (κ2) is 5.13. The fourth-order valence-electron chi connectivity index (χ4n) is 1.97. The molecule has 3 aromatic rings. The van der Waals surface area contributed by atoms with Crippen LogP contribution < -0.4 is 5.32 Å². The Morgan fingerprint density at radius 2 is 2.10 bits per heavy atom. The minimum Gasteiger partial charge on any atom is -0.348 e. The molecule has 0 unspecified atom stereocenters. The quantitative estimate of drug-likeness (QED) is 0.793. The minimum absolute atomic E-state index is 0.160. The van der Waals surface area contributed by atoms with Crippen molar-refractivity contribution in [2.75, 3.05) is 0 Å². The summed E-state index contributed by atoms with van der Waals surface area (Å²) in [6, 6.07) is 9.83. The first-order valence-corrected chi connectivity index (χ1v) is 6.18. The minimum atomic E-state index is -0.321. The number of pyridine rings is 1. The molecule has 0 atom stereocenters. The Labute approximate surface area is 114 Å². The topological polar surface area (TPSA) is 46.4 Å². The van der Waals surface area contributed by atoms with E-state index in [1.165, 1.54) is 6.07 Å². The molecule has 5 heteroatoms. The number of nitrogens with one attached hydrogen (secondary N) is 1. The summed E-state index contributed by atoms with van der Waals surface area (Å²) >= 11 is 0. The molecule has 0 spiro atoms. The lowest BCUT2D eigenvalue weighted by molar-refractivity contribution is 0.0950. The van der Waals surface area contributed by atoms with Gasteiger partial charge in [0.25, 0.3) is 5.91 Å². The van der Waals surface area contributed by atoms with Crippen molar-refractivity contribution in [3.05, 3.63) is 71.9 Å². The molecule has 4 nitrogen and oxygen atoms in total. The average Bonchev–Trinajstić information content (AvgIpc) is 2.93. The van der Waals surface area contributed by atoms with Crippen molar-refractivity contribution in [1.29, 1.82) is 0 Å². The van der Waals surface area contributed by atoms with Crippen LogP contribution in [0.1, 0.15) is 15.9 Å². The number of hydrogen-bond donors (Lipinski definition) is 1. The van der Waals surface area contributed by atoms with E-state index < -0.39 is 0 Å². The molecule has 2 aromatic heterocycles. The second-order valence-corrected chi connectivity index (χ2v) is 4.38. The third kappa shape index (κ3) is 2.38. The number of imidazole rings is 1. The van der Waals surface area contributed by atoms with Crippen LogP contribution in [0, 0.1) is 5.82 Å². The Morgan fingerprint density at radius 1 is 1.25 bits per heavy atom. The lowest BCUT2D eigenvalue weighted by Gasteiger charge is -2.06. The number of aromatic nitrogens is 2. The second-order valence-electron chi connectivity index (χ2n) is 4.38. The molecular formula is C15H12FN3O. The lowest BCUT2D eigenvalue weighted by atomic mass is 10.2. The van der Waals surface area contributed by atoms with E-state index >= 15 is 0 Å². The first kappa shape index (κ1) is 12.3. The monoisotopic (exact) mass is 269 g/mol. The van der Waals surface area contributed by atoms with Crippen molar-refractivity contribution in [3.63, 3.8) is 0 Å². The van der Waals surface area contributed by atoms with Gasteiger partial charge in [-0.2, -0.15) is 0 Å². The summed E-state index contributed by atoms with van der Waals surface area (Å²) in [5.74, 6) is -0.568. The van der Waals surface area contributed by atoms with Gasteiger partial charge in [-0.1, -0.05) is 18.2 Å². The summed E-state index contributed by atoms with van der Waals surface area (Å²) in [6.07, 6.45) is 5.12. The number of carbonyl (C=O) groups is 1. The van der Waals surface area contributed by atoms with E-state index in [2.05, 4.69) is 10.3 Å². The normalized spacial score (nSPS) is 10.7. The molecule has 100 valence electrons. The zero-order valence-corrected chi connectivity index (χ0v) is 10.6. The average molecular weight is 269 g/mol. The predicted octanol–water partition coefficient (Wildman–Crippen LogP) is 2.40. The predicted molar refractivity (Wildman–Crippen MR) is 72.8 cm³/mol. The molecule has 2 heterocycles. The summed E-state index contributed by atoms with van der Waals surface area (Å²) in [4.78, 5) is 16.1. The largest absolute Gasteiger partial charge is 0.348 e. The number of hydrogen-bond acceptors (Lipinski definition) is 2. The Kier molecular flexibility index (Phi) is 3.16. The number of halogens is 1. The van der Waals surface area contributed by atoms with Crippen LogP contribution in [0.4, 0.5) is 4.39 Å². The first-order chi connectivity index (χ1) is 9.74. The zero-order valence-electron chi connectivity index (χ0n) is 10.6. The summed E-state index contributed by atoms with van der Waals surface area (Å²) < 4.78 is 15.2. The first-order valence-electron chi connectivity index (χ1n) is 6.18. The molecule has 0 radical (unpaired) electrons. The Morgan fingerprint density at radius 3 is 2.95 bits per heavy atom. The van der Waals surface area contributed by atoms with Crippen molar-refractivity contribution in [2.45, 2.75) is 6.54 Å². The highest BCUT2D eigenvalue weighted by Gasteiger charge is 2.08. The van der Waals surface area contributed by atoms with Crippen LogP contribution in [-0.2, 0) is 6.54 Å². The van der Waals surface area contributed by atoms with E-state index in [0.717, 1.165) is 5.65 Å². The van der Waals surface area contributed by atoms with Gasteiger partial charge in [0.2, 0.25) is 0 Å². The fraction of sp³-hybridized carbons (Fsp3) is 0.0667. The van der Waals surface area contributed by atoms with E-state index in [9.17, 15) is 9.18 Å². The van der Waals surface area contributed by atoms with Crippen LogP contribution in [0.5, 0.6) is 0 Å². The maximum absolute atomic E-state index is 13.4. The number of amides is 1. The van der Waals surface area contributed by atoms with E-state index in [0.29, 0.717) is 11.1 Å². The third-order valence-electron chi connectivity index (χ3n) is 3.05. The molecule has 0 aliphatic heterocycles. The Balaban J connectivity index is 1.74. The highest BCUT2D eigenvalue weighted by molar-refractivity contribution is 5.94. The van der Waals surface area contributed by atoms with Crippen LogP contribution in [-0.4, -0.2) is 15.3 Å². The van der Waals surface area contributed by atoms with E-state index in [-0.39, 0.29) is 18.3 Å². The summed E-state index contributed by atoms with van der Waals surface area (Å²) in [5.41, 5.74) is 1.74. The van der Waals surface area contributed by atoms with Gasteiger partial charge in [0.1, 0.15) is 11.5 Å².